The van der Waals surface area contributed by atoms with Gasteiger partial charge in [0.2, 0.25) is 5.91 Å². The van der Waals surface area contributed by atoms with Crippen LogP contribution in [0.3, 0.4) is 0 Å². The molecule has 19 heavy (non-hydrogen) atoms. The van der Waals surface area contributed by atoms with E-state index in [0.29, 0.717) is 11.4 Å². The molecule has 1 amide bonds. The lowest BCUT2D eigenvalue weighted by Gasteiger charge is -2.20. The smallest absolute Gasteiger partial charge is 0.233 e. The second-order valence-electron chi connectivity index (χ2n) is 5.14. The molecule has 1 N–H and O–H groups in total. The predicted molar refractivity (Wildman–Crippen MR) is 83.0 cm³/mol. The van der Waals surface area contributed by atoms with E-state index in [9.17, 15) is 9.59 Å². The van der Waals surface area contributed by atoms with Crippen molar-refractivity contribution in [3.63, 3.8) is 0 Å². The molecule has 1 aromatic rings. The Hall–Kier alpha value is -0.620. The van der Waals surface area contributed by atoms with Crippen LogP contribution in [-0.4, -0.2) is 16.1 Å². The molecule has 0 bridgehead atoms. The van der Waals surface area contributed by atoms with E-state index >= 15 is 0 Å². The molecule has 3 rings (SSSR count). The molecule has 100 valence electrons. The highest BCUT2D eigenvalue weighted by Crippen LogP contribution is 2.61. The Kier molecular flexibility index (Phi) is 3.33. The van der Waals surface area contributed by atoms with Crippen molar-refractivity contribution in [1.29, 1.82) is 0 Å². The first-order valence-corrected chi connectivity index (χ1v) is 8.19. The van der Waals surface area contributed by atoms with Crippen LogP contribution < -0.4 is 5.32 Å². The molecule has 0 aromatic heterocycles. The molecule has 1 atom stereocenters. The van der Waals surface area contributed by atoms with Crippen LogP contribution in [0.1, 0.15) is 30.7 Å². The van der Waals surface area contributed by atoms with Gasteiger partial charge in [-0.25, -0.2) is 0 Å². The fraction of sp³-hybridized carbons (Fsp3) is 0.429. The minimum atomic E-state index is -0.495. The number of rotatable bonds is 4. The summed E-state index contributed by atoms with van der Waals surface area (Å²) in [5.41, 5.74) is 1.08. The number of nitrogens with one attached hydrogen (secondary N) is 1. The maximum absolute atomic E-state index is 12.4. The molecule has 1 aromatic carbocycles. The number of amides is 1. The fourth-order valence-corrected chi connectivity index (χ4v) is 3.77. The molecule has 0 unspecified atom stereocenters. The number of halogens is 2. The Morgan fingerprint density at radius 3 is 2.84 bits per heavy atom. The topological polar surface area (TPSA) is 46.2 Å². The Labute approximate surface area is 130 Å². The molecule has 1 aliphatic carbocycles. The van der Waals surface area contributed by atoms with Crippen LogP contribution in [0.5, 0.6) is 0 Å². The zero-order chi connectivity index (χ0) is 13.6. The van der Waals surface area contributed by atoms with Crippen LogP contribution in [0.15, 0.2) is 18.2 Å². The van der Waals surface area contributed by atoms with Crippen molar-refractivity contribution >= 4 is 51.6 Å². The number of Topliss-reactive ketones (excluding diaryl/α,β-unsaturated/α-hetero) is 1. The van der Waals surface area contributed by atoms with Gasteiger partial charge in [0.1, 0.15) is 5.78 Å². The number of carbonyl (C=O) groups is 2. The zero-order valence-corrected chi connectivity index (χ0v) is 13.1. The van der Waals surface area contributed by atoms with Gasteiger partial charge in [-0.15, -0.1) is 0 Å². The quantitative estimate of drug-likeness (QED) is 0.632. The van der Waals surface area contributed by atoms with Crippen LogP contribution in [0.25, 0.3) is 0 Å². The second-order valence-corrected chi connectivity index (χ2v) is 6.63. The lowest BCUT2D eigenvalue weighted by molar-refractivity contribution is -0.129. The van der Waals surface area contributed by atoms with Crippen LogP contribution in [0.2, 0.25) is 5.02 Å². The summed E-state index contributed by atoms with van der Waals surface area (Å²) in [6.07, 6.45) is 2.13. The van der Waals surface area contributed by atoms with E-state index in [1.807, 2.05) is 12.1 Å². The van der Waals surface area contributed by atoms with E-state index in [2.05, 4.69) is 27.9 Å². The number of alkyl halides is 1. The number of fused-ring (bicyclic) bond motifs is 1. The van der Waals surface area contributed by atoms with Crippen LogP contribution in [0, 0.1) is 5.41 Å². The summed E-state index contributed by atoms with van der Waals surface area (Å²) in [6.45, 7) is 0. The largest absolute Gasteiger partial charge is 0.325 e. The van der Waals surface area contributed by atoms with Gasteiger partial charge in [-0.3, -0.25) is 9.59 Å². The normalized spacial score (nSPS) is 22.8. The van der Waals surface area contributed by atoms with Gasteiger partial charge in [-0.05, 0) is 25.0 Å². The van der Waals surface area contributed by atoms with Crippen molar-refractivity contribution < 1.29 is 9.59 Å². The first-order valence-electron chi connectivity index (χ1n) is 6.29. The number of benzene rings is 1. The molecule has 2 aliphatic rings. The van der Waals surface area contributed by atoms with Crippen molar-refractivity contribution in [2.75, 3.05) is 9.74 Å². The summed E-state index contributed by atoms with van der Waals surface area (Å²) in [5, 5.41) is 3.43. The van der Waals surface area contributed by atoms with Crippen molar-refractivity contribution in [2.45, 2.75) is 25.2 Å². The number of hydrogen-bond donors (Lipinski definition) is 1. The zero-order valence-electron chi connectivity index (χ0n) is 10.2. The average Bonchev–Trinajstić information content (AvgIpc) is 3.08. The molecule has 1 heterocycles. The van der Waals surface area contributed by atoms with E-state index in [1.165, 1.54) is 0 Å². The molecular weight excluding hydrogens is 377 g/mol. The third-order valence-corrected chi connectivity index (χ3v) is 4.95. The third kappa shape index (κ3) is 2.00. The van der Waals surface area contributed by atoms with Crippen molar-refractivity contribution in [3.05, 3.63) is 28.8 Å². The Balaban J connectivity index is 2.03. The minimum Gasteiger partial charge on any atom is -0.325 e. The molecule has 1 saturated carbocycles. The molecular formula is C14H13ClINO2. The van der Waals surface area contributed by atoms with Gasteiger partial charge in [0.25, 0.3) is 0 Å². The molecule has 0 radical (unpaired) electrons. The monoisotopic (exact) mass is 389 g/mol. The van der Waals surface area contributed by atoms with Gasteiger partial charge in [0.15, 0.2) is 0 Å². The lowest BCUT2D eigenvalue weighted by Crippen LogP contribution is -2.29. The highest BCUT2D eigenvalue weighted by Gasteiger charge is 2.60. The van der Waals surface area contributed by atoms with Gasteiger partial charge in [0, 0.05) is 32.5 Å². The lowest BCUT2D eigenvalue weighted by atomic mass is 9.80. The minimum absolute atomic E-state index is 0.0811. The third-order valence-electron chi connectivity index (χ3n) is 4.08. The highest BCUT2D eigenvalue weighted by molar-refractivity contribution is 14.1. The standard InChI is InChI=1S/C14H13ClINO2/c15-8-2-1-3-9-11(8)12(13(19)17-9)14(5-6-14)10(18)4-7-16/h1-3,12H,4-7H2,(H,17,19)/t12-/m1/s1. The van der Waals surface area contributed by atoms with E-state index < -0.39 is 11.3 Å². The summed E-state index contributed by atoms with van der Waals surface area (Å²) in [5.74, 6) is -0.274. The predicted octanol–water partition coefficient (Wildman–Crippen LogP) is 3.55. The molecule has 1 aliphatic heterocycles. The Bertz CT molecular complexity index is 569. The van der Waals surface area contributed by atoms with Gasteiger partial charge < -0.3 is 5.32 Å². The van der Waals surface area contributed by atoms with Crippen molar-refractivity contribution in [2.24, 2.45) is 5.41 Å². The van der Waals surface area contributed by atoms with Gasteiger partial charge in [-0.2, -0.15) is 0 Å². The van der Waals surface area contributed by atoms with E-state index in [0.717, 1.165) is 28.5 Å². The van der Waals surface area contributed by atoms with Crippen LogP contribution >= 0.6 is 34.2 Å². The van der Waals surface area contributed by atoms with E-state index in [1.54, 1.807) is 6.07 Å². The maximum atomic E-state index is 12.4. The average molecular weight is 390 g/mol. The molecule has 3 nitrogen and oxygen atoms in total. The first-order chi connectivity index (χ1) is 9.10. The summed E-state index contributed by atoms with van der Waals surface area (Å²) >= 11 is 8.44. The molecule has 0 saturated heterocycles. The molecule has 5 heteroatoms. The number of ketones is 1. The van der Waals surface area contributed by atoms with Crippen molar-refractivity contribution in [1.82, 2.24) is 0 Å². The maximum Gasteiger partial charge on any atom is 0.233 e. The second kappa shape index (κ2) is 4.74. The van der Waals surface area contributed by atoms with Gasteiger partial charge in [-0.1, -0.05) is 40.3 Å². The first kappa shape index (κ1) is 13.4. The Morgan fingerprint density at radius 1 is 1.47 bits per heavy atom. The highest BCUT2D eigenvalue weighted by atomic mass is 127. The van der Waals surface area contributed by atoms with E-state index in [4.69, 9.17) is 11.6 Å². The summed E-state index contributed by atoms with van der Waals surface area (Å²) in [6, 6.07) is 5.45. The molecule has 1 fully saturated rings. The fourth-order valence-electron chi connectivity index (χ4n) is 3.00. The van der Waals surface area contributed by atoms with Crippen LogP contribution in [0.4, 0.5) is 5.69 Å². The van der Waals surface area contributed by atoms with E-state index in [-0.39, 0.29) is 11.7 Å². The van der Waals surface area contributed by atoms with Gasteiger partial charge in [0.05, 0.1) is 5.92 Å². The van der Waals surface area contributed by atoms with Gasteiger partial charge >= 0.3 is 0 Å². The Morgan fingerprint density at radius 2 is 2.21 bits per heavy atom. The summed E-state index contributed by atoms with van der Waals surface area (Å²) < 4.78 is 0.794. The number of hydrogen-bond acceptors (Lipinski definition) is 2. The number of carbonyl (C=O) groups excluding carboxylic acids is 2. The summed E-state index contributed by atoms with van der Waals surface area (Å²) in [7, 11) is 0. The van der Waals surface area contributed by atoms with Crippen molar-refractivity contribution in [3.8, 4) is 0 Å². The number of anilines is 1. The molecule has 0 spiro atoms. The SMILES string of the molecule is O=C1Nc2cccc(Cl)c2[C@H]1C1(C(=O)CCI)CC1. The van der Waals surface area contributed by atoms with Crippen LogP contribution in [-0.2, 0) is 9.59 Å². The summed E-state index contributed by atoms with van der Waals surface area (Å²) in [4.78, 5) is 24.6.